The van der Waals surface area contributed by atoms with Crippen LogP contribution in [0.15, 0.2) is 24.3 Å². The van der Waals surface area contributed by atoms with Gasteiger partial charge in [0.05, 0.1) is 17.1 Å². The zero-order chi connectivity index (χ0) is 13.8. The van der Waals surface area contributed by atoms with E-state index >= 15 is 0 Å². The minimum atomic E-state index is -0.983. The van der Waals surface area contributed by atoms with Crippen molar-refractivity contribution in [2.75, 3.05) is 18.1 Å². The van der Waals surface area contributed by atoms with Crippen molar-refractivity contribution in [3.05, 3.63) is 35.4 Å². The number of rotatable bonds is 4. The third kappa shape index (κ3) is 3.35. The van der Waals surface area contributed by atoms with Gasteiger partial charge in [-0.3, -0.25) is 14.5 Å². The average molecular weight is 279 g/mol. The van der Waals surface area contributed by atoms with E-state index in [1.807, 2.05) is 0 Å². The van der Waals surface area contributed by atoms with E-state index in [1.54, 1.807) is 18.2 Å². The van der Waals surface area contributed by atoms with E-state index in [4.69, 9.17) is 5.11 Å². The van der Waals surface area contributed by atoms with Crippen LogP contribution in [0.1, 0.15) is 15.9 Å². The largest absolute Gasteiger partial charge is 0.478 e. The fraction of sp³-hybridized carbons (Fsp3) is 0.308. The van der Waals surface area contributed by atoms with Crippen molar-refractivity contribution in [2.24, 2.45) is 0 Å². The summed E-state index contributed by atoms with van der Waals surface area (Å²) in [6, 6.07) is 6.53. The van der Waals surface area contributed by atoms with E-state index in [0.29, 0.717) is 24.5 Å². The maximum atomic E-state index is 11.6. The minimum Gasteiger partial charge on any atom is -0.478 e. The lowest BCUT2D eigenvalue weighted by molar-refractivity contribution is -0.142. The van der Waals surface area contributed by atoms with Crippen LogP contribution in [0.4, 0.5) is 0 Å². The molecule has 0 saturated carbocycles. The van der Waals surface area contributed by atoms with Crippen LogP contribution in [0, 0.1) is 0 Å². The Morgan fingerprint density at radius 3 is 2.58 bits per heavy atom. The fourth-order valence-electron chi connectivity index (χ4n) is 1.87. The molecule has 0 unspecified atom stereocenters. The van der Waals surface area contributed by atoms with E-state index in [1.165, 1.54) is 22.7 Å². The number of carboxylic acid groups (broad SMARTS) is 1. The van der Waals surface area contributed by atoms with Crippen molar-refractivity contribution in [1.29, 1.82) is 0 Å². The third-order valence-corrected chi connectivity index (χ3v) is 3.75. The number of thioether (sulfide) groups is 1. The zero-order valence-corrected chi connectivity index (χ0v) is 11.0. The second kappa shape index (κ2) is 5.88. The van der Waals surface area contributed by atoms with E-state index in [9.17, 15) is 14.4 Å². The summed E-state index contributed by atoms with van der Waals surface area (Å²) in [4.78, 5) is 35.3. The van der Waals surface area contributed by atoms with Crippen LogP contribution >= 0.6 is 11.8 Å². The van der Waals surface area contributed by atoms with Crippen LogP contribution in [0.3, 0.4) is 0 Å². The van der Waals surface area contributed by atoms with Crippen LogP contribution in [0.5, 0.6) is 0 Å². The maximum Gasteiger partial charge on any atom is 0.335 e. The first-order valence-electron chi connectivity index (χ1n) is 5.81. The highest BCUT2D eigenvalue weighted by atomic mass is 32.2. The van der Waals surface area contributed by atoms with Gasteiger partial charge in [0.1, 0.15) is 0 Å². The first-order valence-corrected chi connectivity index (χ1v) is 6.96. The SMILES string of the molecule is O=C(O)c1cccc(CCN2C(=O)CSCC2=O)c1. The Bertz CT molecular complexity index is 513. The molecule has 100 valence electrons. The number of nitrogens with zero attached hydrogens (tertiary/aromatic N) is 1. The van der Waals surface area contributed by atoms with Crippen molar-refractivity contribution in [2.45, 2.75) is 6.42 Å². The topological polar surface area (TPSA) is 74.7 Å². The van der Waals surface area contributed by atoms with E-state index in [-0.39, 0.29) is 17.4 Å². The van der Waals surface area contributed by atoms with E-state index in [2.05, 4.69) is 0 Å². The lowest BCUT2D eigenvalue weighted by Crippen LogP contribution is -2.43. The molecule has 0 aliphatic carbocycles. The molecule has 1 aromatic carbocycles. The van der Waals surface area contributed by atoms with Gasteiger partial charge in [-0.05, 0) is 24.1 Å². The molecular formula is C13H13NO4S. The van der Waals surface area contributed by atoms with Crippen LogP contribution in [0.25, 0.3) is 0 Å². The summed E-state index contributed by atoms with van der Waals surface area (Å²) in [5, 5.41) is 8.89. The molecule has 1 fully saturated rings. The van der Waals surface area contributed by atoms with Gasteiger partial charge in [-0.2, -0.15) is 0 Å². The van der Waals surface area contributed by atoms with Gasteiger partial charge in [0.2, 0.25) is 11.8 Å². The molecule has 19 heavy (non-hydrogen) atoms. The molecule has 6 heteroatoms. The minimum absolute atomic E-state index is 0.171. The lowest BCUT2D eigenvalue weighted by atomic mass is 10.1. The summed E-state index contributed by atoms with van der Waals surface area (Å²) in [6.07, 6.45) is 0.475. The van der Waals surface area contributed by atoms with Gasteiger partial charge in [0.25, 0.3) is 0 Å². The van der Waals surface area contributed by atoms with Crippen molar-refractivity contribution in [1.82, 2.24) is 4.90 Å². The van der Waals surface area contributed by atoms with Gasteiger partial charge in [-0.15, -0.1) is 11.8 Å². The van der Waals surface area contributed by atoms with Gasteiger partial charge >= 0.3 is 5.97 Å². The summed E-state index contributed by atoms with van der Waals surface area (Å²) in [6.45, 7) is 0.307. The zero-order valence-electron chi connectivity index (χ0n) is 10.2. The number of carbonyl (C=O) groups is 3. The second-order valence-corrected chi connectivity index (χ2v) is 5.17. The maximum absolute atomic E-state index is 11.6. The second-order valence-electron chi connectivity index (χ2n) is 4.19. The number of imide groups is 1. The summed E-state index contributed by atoms with van der Waals surface area (Å²) >= 11 is 1.32. The molecule has 1 aromatic rings. The van der Waals surface area contributed by atoms with Crippen molar-refractivity contribution in [3.8, 4) is 0 Å². The van der Waals surface area contributed by atoms with Gasteiger partial charge in [-0.25, -0.2) is 4.79 Å². The average Bonchev–Trinajstić information content (AvgIpc) is 2.38. The summed E-state index contributed by atoms with van der Waals surface area (Å²) in [5.41, 5.74) is 1.02. The predicted octanol–water partition coefficient (Wildman–Crippen LogP) is 1.03. The molecule has 5 nitrogen and oxygen atoms in total. The Balaban J connectivity index is 2.02. The molecule has 2 amide bonds. The molecule has 0 aromatic heterocycles. The van der Waals surface area contributed by atoms with Crippen LogP contribution in [-0.4, -0.2) is 45.8 Å². The molecule has 2 rings (SSSR count). The number of hydrogen-bond donors (Lipinski definition) is 1. The molecule has 0 bridgehead atoms. The monoisotopic (exact) mass is 279 g/mol. The van der Waals surface area contributed by atoms with Crippen LogP contribution in [-0.2, 0) is 16.0 Å². The molecule has 1 aliphatic heterocycles. The number of hydrogen-bond acceptors (Lipinski definition) is 4. The smallest absolute Gasteiger partial charge is 0.335 e. The van der Waals surface area contributed by atoms with Crippen LogP contribution < -0.4 is 0 Å². The Kier molecular flexibility index (Phi) is 4.21. The van der Waals surface area contributed by atoms with E-state index in [0.717, 1.165) is 5.56 Å². The highest BCUT2D eigenvalue weighted by molar-refractivity contribution is 8.00. The highest BCUT2D eigenvalue weighted by Gasteiger charge is 2.25. The molecular weight excluding hydrogens is 266 g/mol. The normalized spacial score (nSPS) is 15.7. The van der Waals surface area contributed by atoms with Gasteiger partial charge in [0, 0.05) is 6.54 Å². The van der Waals surface area contributed by atoms with Crippen molar-refractivity contribution in [3.63, 3.8) is 0 Å². The quantitative estimate of drug-likeness (QED) is 0.833. The molecule has 0 spiro atoms. The van der Waals surface area contributed by atoms with E-state index < -0.39 is 5.97 Å². The van der Waals surface area contributed by atoms with Crippen molar-refractivity contribution < 1.29 is 19.5 Å². The van der Waals surface area contributed by atoms with Gasteiger partial charge < -0.3 is 5.11 Å². The Morgan fingerprint density at radius 2 is 1.95 bits per heavy atom. The molecule has 0 atom stereocenters. The number of amides is 2. The van der Waals surface area contributed by atoms with Gasteiger partial charge in [-0.1, -0.05) is 12.1 Å². The first-order chi connectivity index (χ1) is 9.08. The Hall–Kier alpha value is -1.82. The Morgan fingerprint density at radius 1 is 1.26 bits per heavy atom. The summed E-state index contributed by atoms with van der Waals surface area (Å²) in [7, 11) is 0. The van der Waals surface area contributed by atoms with Crippen LogP contribution in [0.2, 0.25) is 0 Å². The number of aromatic carboxylic acids is 1. The highest BCUT2D eigenvalue weighted by Crippen LogP contribution is 2.13. The molecule has 1 N–H and O–H groups in total. The molecule has 1 saturated heterocycles. The third-order valence-electron chi connectivity index (χ3n) is 2.85. The Labute approximate surface area is 114 Å². The molecule has 1 heterocycles. The fourth-order valence-corrected chi connectivity index (χ4v) is 2.63. The standard InChI is InChI=1S/C13H13NO4S/c15-11-7-19-8-12(16)14(11)5-4-9-2-1-3-10(6-9)13(17)18/h1-3,6H,4-5,7-8H2,(H,17,18). The number of carbonyl (C=O) groups excluding carboxylic acids is 2. The first kappa shape index (κ1) is 13.6. The summed E-state index contributed by atoms with van der Waals surface area (Å²) in [5.74, 6) is -0.656. The van der Waals surface area contributed by atoms with Crippen molar-refractivity contribution >= 4 is 29.5 Å². The lowest BCUT2D eigenvalue weighted by Gasteiger charge is -2.24. The molecule has 0 radical (unpaired) electrons. The predicted molar refractivity (Wildman–Crippen MR) is 71.2 cm³/mol. The summed E-state index contributed by atoms with van der Waals surface area (Å²) < 4.78 is 0. The number of carboxylic acids is 1. The van der Waals surface area contributed by atoms with Gasteiger partial charge in [0.15, 0.2) is 0 Å². The number of benzene rings is 1. The molecule has 1 aliphatic rings.